The number of halogens is 2. The van der Waals surface area contributed by atoms with Gasteiger partial charge in [0.05, 0.1) is 23.2 Å². The fraction of sp³-hybridized carbons (Fsp3) is 0.429. The highest BCUT2D eigenvalue weighted by Gasteiger charge is 2.58. The summed E-state index contributed by atoms with van der Waals surface area (Å²) in [5.74, 6) is -2.65. The van der Waals surface area contributed by atoms with E-state index in [0.29, 0.717) is 23.8 Å². The van der Waals surface area contributed by atoms with Crippen LogP contribution in [-0.4, -0.2) is 68.6 Å². The van der Waals surface area contributed by atoms with Gasteiger partial charge in [-0.15, -0.1) is 0 Å². The Morgan fingerprint density at radius 2 is 2.12 bits per heavy atom. The lowest BCUT2D eigenvalue weighted by molar-refractivity contribution is 0.0845. The van der Waals surface area contributed by atoms with E-state index in [-0.39, 0.29) is 18.2 Å². The second-order valence-corrected chi connectivity index (χ2v) is 8.77. The number of pyridine rings is 2. The van der Waals surface area contributed by atoms with Crippen molar-refractivity contribution in [3.8, 4) is 0 Å². The Hall–Kier alpha value is -3.54. The van der Waals surface area contributed by atoms with Crippen LogP contribution in [0.5, 0.6) is 0 Å². The molecule has 1 saturated carbocycles. The van der Waals surface area contributed by atoms with Crippen molar-refractivity contribution in [2.45, 2.75) is 44.1 Å². The zero-order valence-corrected chi connectivity index (χ0v) is 17.7. The fourth-order valence-corrected chi connectivity index (χ4v) is 4.59. The van der Waals surface area contributed by atoms with Gasteiger partial charge in [-0.2, -0.15) is 5.10 Å². The van der Waals surface area contributed by atoms with E-state index in [1.54, 1.807) is 11.0 Å². The van der Waals surface area contributed by atoms with Gasteiger partial charge < -0.3 is 25.5 Å². The van der Waals surface area contributed by atoms with Crippen LogP contribution in [0.3, 0.4) is 0 Å². The minimum Gasteiger partial charge on any atom is -0.366 e. The molecule has 10 nitrogen and oxygen atoms in total. The Morgan fingerprint density at radius 3 is 2.91 bits per heavy atom. The molecule has 0 aromatic carbocycles. The molecule has 3 aromatic rings. The van der Waals surface area contributed by atoms with Gasteiger partial charge in [-0.25, -0.2) is 18.7 Å². The molecule has 3 atom stereocenters. The van der Waals surface area contributed by atoms with Crippen LogP contribution < -0.4 is 20.4 Å². The predicted molar refractivity (Wildman–Crippen MR) is 116 cm³/mol. The number of hydrogen-bond donors (Lipinski definition) is 4. The van der Waals surface area contributed by atoms with Gasteiger partial charge in [-0.1, -0.05) is 0 Å². The van der Waals surface area contributed by atoms with Gasteiger partial charge in [0.15, 0.2) is 17.3 Å². The lowest BCUT2D eigenvalue weighted by Crippen LogP contribution is -2.52. The largest absolute Gasteiger partial charge is 0.366 e. The first-order valence-electron chi connectivity index (χ1n) is 10.8. The van der Waals surface area contributed by atoms with E-state index < -0.39 is 24.2 Å². The monoisotopic (exact) mass is 456 g/mol. The van der Waals surface area contributed by atoms with Crippen LogP contribution in [0.2, 0.25) is 0 Å². The van der Waals surface area contributed by atoms with Crippen molar-refractivity contribution >= 4 is 34.3 Å². The molecular formula is C21H22F2N8O2. The quantitative estimate of drug-likeness (QED) is 0.427. The Morgan fingerprint density at radius 1 is 1.30 bits per heavy atom. The number of aliphatic hydroxyl groups excluding tert-OH is 1. The molecule has 172 valence electrons. The molecule has 2 unspecified atom stereocenters. The number of carbonyl (C=O) groups excluding carboxylic acids is 1. The molecule has 3 aromatic heterocycles. The normalized spacial score (nSPS) is 23.4. The smallest absolute Gasteiger partial charge is 0.270 e. The molecule has 2 aliphatic heterocycles. The number of alkyl halides is 2. The molecule has 0 spiro atoms. The summed E-state index contributed by atoms with van der Waals surface area (Å²) in [6.07, 6.45) is -0.742. The van der Waals surface area contributed by atoms with Crippen molar-refractivity contribution < 1.29 is 18.7 Å². The lowest BCUT2D eigenvalue weighted by Gasteiger charge is -2.40. The van der Waals surface area contributed by atoms with Crippen LogP contribution in [0.1, 0.15) is 29.0 Å². The number of carbonyl (C=O) groups is 1. The van der Waals surface area contributed by atoms with Gasteiger partial charge in [0.2, 0.25) is 6.35 Å². The van der Waals surface area contributed by atoms with Crippen molar-refractivity contribution in [2.75, 3.05) is 28.2 Å². The highest BCUT2D eigenvalue weighted by atomic mass is 19.3. The molecule has 3 aliphatic rings. The van der Waals surface area contributed by atoms with Crippen LogP contribution in [0.25, 0.3) is 11.0 Å². The highest BCUT2D eigenvalue weighted by Crippen LogP contribution is 2.42. The van der Waals surface area contributed by atoms with Gasteiger partial charge in [0, 0.05) is 25.2 Å². The highest BCUT2D eigenvalue weighted by molar-refractivity contribution is 5.94. The van der Waals surface area contributed by atoms with E-state index in [0.717, 1.165) is 29.7 Å². The summed E-state index contributed by atoms with van der Waals surface area (Å²) in [5, 5.41) is 24.3. The van der Waals surface area contributed by atoms with Crippen molar-refractivity contribution in [2.24, 2.45) is 0 Å². The SMILES string of the molecule is Cc1ccc2c(NC(O)N3c4nc(C(=O)NC5CC5(F)F)ccc4N4CC[C@H]3C4)n[nH]c2n1. The molecule has 33 heavy (non-hydrogen) atoms. The summed E-state index contributed by atoms with van der Waals surface area (Å²) in [7, 11) is 0. The molecule has 5 heterocycles. The maximum Gasteiger partial charge on any atom is 0.270 e. The lowest BCUT2D eigenvalue weighted by atomic mass is 10.1. The number of amides is 1. The first-order chi connectivity index (χ1) is 15.8. The van der Waals surface area contributed by atoms with Crippen LogP contribution in [-0.2, 0) is 0 Å². The zero-order valence-electron chi connectivity index (χ0n) is 17.7. The third-order valence-corrected chi connectivity index (χ3v) is 6.45. The number of anilines is 3. The van der Waals surface area contributed by atoms with Crippen LogP contribution in [0, 0.1) is 6.92 Å². The molecular weight excluding hydrogens is 434 g/mol. The van der Waals surface area contributed by atoms with E-state index >= 15 is 0 Å². The van der Waals surface area contributed by atoms with Gasteiger partial charge in [-0.3, -0.25) is 9.89 Å². The number of nitrogens with zero attached hydrogens (tertiary/aromatic N) is 5. The zero-order chi connectivity index (χ0) is 22.9. The number of rotatable bonds is 5. The maximum atomic E-state index is 13.2. The van der Waals surface area contributed by atoms with Gasteiger partial charge in [-0.05, 0) is 37.6 Å². The molecule has 1 amide bonds. The molecule has 4 N–H and O–H groups in total. The predicted octanol–water partition coefficient (Wildman–Crippen LogP) is 1.59. The van der Waals surface area contributed by atoms with E-state index in [4.69, 9.17) is 0 Å². The summed E-state index contributed by atoms with van der Waals surface area (Å²) < 4.78 is 26.5. The number of aromatic amines is 1. The summed E-state index contributed by atoms with van der Waals surface area (Å²) in [5.41, 5.74) is 2.25. The number of aliphatic hydroxyl groups is 1. The average Bonchev–Trinajstić information content (AvgIpc) is 3.09. The molecule has 6 rings (SSSR count). The molecule has 1 aliphatic carbocycles. The molecule has 0 radical (unpaired) electrons. The first-order valence-corrected chi connectivity index (χ1v) is 10.8. The second kappa shape index (κ2) is 6.98. The Balaban J connectivity index is 1.30. The molecule has 12 heteroatoms. The van der Waals surface area contributed by atoms with E-state index in [9.17, 15) is 18.7 Å². The van der Waals surface area contributed by atoms with Gasteiger partial charge in [0.25, 0.3) is 11.8 Å². The Kier molecular flexibility index (Phi) is 4.25. The number of aromatic nitrogens is 4. The van der Waals surface area contributed by atoms with Gasteiger partial charge >= 0.3 is 0 Å². The standard InChI is InChI=1S/C21H22F2N8O2/c1-10-2-3-12-16(24-10)28-29-17(12)27-20(33)31-11-6-7-30(9-11)14-5-4-13(25-18(14)31)19(32)26-15-8-21(15,22)23/h2-5,11,15,20,33H,6-9H2,1H3,(H,26,32)(H2,24,27,28,29)/t11-,15?,20?/m0/s1. The summed E-state index contributed by atoms with van der Waals surface area (Å²) in [6, 6.07) is 5.81. The maximum absolute atomic E-state index is 13.2. The third-order valence-electron chi connectivity index (χ3n) is 6.45. The van der Waals surface area contributed by atoms with E-state index in [1.807, 2.05) is 19.1 Å². The minimum absolute atomic E-state index is 0.0287. The minimum atomic E-state index is -2.86. The Labute approximate surface area is 187 Å². The summed E-state index contributed by atoms with van der Waals surface area (Å²) >= 11 is 0. The van der Waals surface area contributed by atoms with Crippen LogP contribution >= 0.6 is 0 Å². The number of nitrogens with one attached hydrogen (secondary N) is 3. The van der Waals surface area contributed by atoms with E-state index in [1.165, 1.54) is 6.07 Å². The fourth-order valence-electron chi connectivity index (χ4n) is 4.59. The number of aryl methyl sites for hydroxylation is 1. The van der Waals surface area contributed by atoms with Gasteiger partial charge in [0.1, 0.15) is 5.69 Å². The number of hydrogen-bond acceptors (Lipinski definition) is 8. The molecule has 2 fully saturated rings. The number of fused-ring (bicyclic) bond motifs is 5. The van der Waals surface area contributed by atoms with Crippen LogP contribution in [0.4, 0.5) is 26.1 Å². The summed E-state index contributed by atoms with van der Waals surface area (Å²) in [6.45, 7) is 3.37. The van der Waals surface area contributed by atoms with Crippen molar-refractivity contribution in [1.82, 2.24) is 25.5 Å². The number of H-pyrrole nitrogens is 1. The Bertz CT molecular complexity index is 1260. The first kappa shape index (κ1) is 20.1. The topological polar surface area (TPSA) is 122 Å². The summed E-state index contributed by atoms with van der Waals surface area (Å²) in [4.78, 5) is 25.2. The van der Waals surface area contributed by atoms with Crippen LogP contribution in [0.15, 0.2) is 24.3 Å². The molecule has 1 saturated heterocycles. The molecule has 2 bridgehead atoms. The van der Waals surface area contributed by atoms with Crippen molar-refractivity contribution in [1.29, 1.82) is 0 Å². The van der Waals surface area contributed by atoms with Crippen molar-refractivity contribution in [3.05, 3.63) is 35.7 Å². The van der Waals surface area contributed by atoms with E-state index in [2.05, 4.69) is 35.7 Å². The average molecular weight is 456 g/mol. The van der Waals surface area contributed by atoms with Crippen molar-refractivity contribution in [3.63, 3.8) is 0 Å². The third kappa shape index (κ3) is 3.32. The second-order valence-electron chi connectivity index (χ2n) is 8.77.